The van der Waals surface area contributed by atoms with E-state index in [-0.39, 0.29) is 6.54 Å². The van der Waals surface area contributed by atoms with Crippen molar-refractivity contribution >= 4 is 33.7 Å². The van der Waals surface area contributed by atoms with Crippen molar-refractivity contribution < 1.29 is 17.6 Å². The second kappa shape index (κ2) is 5.77. The van der Waals surface area contributed by atoms with Crippen LogP contribution < -0.4 is 0 Å². The van der Waals surface area contributed by atoms with E-state index in [1.165, 1.54) is 10.9 Å². The molecule has 128 valence electrons. The molecule has 4 aromatic rings. The largest absolute Gasteiger partial charge is 0.436 e. The van der Waals surface area contributed by atoms with Crippen LogP contribution in [-0.2, 0) is 6.54 Å². The Morgan fingerprint density at radius 3 is 2.72 bits per heavy atom. The van der Waals surface area contributed by atoms with Gasteiger partial charge in [0.2, 0.25) is 5.89 Å². The molecule has 0 atom stereocenters. The summed E-state index contributed by atoms with van der Waals surface area (Å²) in [7, 11) is 0. The molecule has 0 aliphatic heterocycles. The molecule has 25 heavy (non-hydrogen) atoms. The molecule has 0 saturated heterocycles. The van der Waals surface area contributed by atoms with Crippen molar-refractivity contribution in [3.05, 3.63) is 47.7 Å². The number of aromatic nitrogens is 3. The minimum atomic E-state index is -4.20. The zero-order valence-corrected chi connectivity index (χ0v) is 13.5. The van der Waals surface area contributed by atoms with Crippen LogP contribution in [0.2, 0.25) is 5.02 Å². The number of hydrogen-bond donors (Lipinski definition) is 0. The van der Waals surface area contributed by atoms with Crippen LogP contribution in [0.1, 0.15) is 6.42 Å². The van der Waals surface area contributed by atoms with E-state index in [1.807, 2.05) is 0 Å². The van der Waals surface area contributed by atoms with Crippen molar-refractivity contribution in [1.29, 1.82) is 0 Å². The molecule has 2 aromatic heterocycles. The number of imidazole rings is 1. The average Bonchev–Trinajstić information content (AvgIpc) is 3.14. The van der Waals surface area contributed by atoms with E-state index in [9.17, 15) is 13.2 Å². The fourth-order valence-corrected chi connectivity index (χ4v) is 2.81. The van der Waals surface area contributed by atoms with Gasteiger partial charge in [0.15, 0.2) is 5.58 Å². The lowest BCUT2D eigenvalue weighted by Gasteiger charge is -2.07. The van der Waals surface area contributed by atoms with Crippen molar-refractivity contribution in [2.75, 3.05) is 0 Å². The molecule has 8 heteroatoms. The Hall–Kier alpha value is -2.54. The molecular weight excluding hydrogens is 355 g/mol. The van der Waals surface area contributed by atoms with Crippen LogP contribution in [0.3, 0.4) is 0 Å². The van der Waals surface area contributed by atoms with E-state index >= 15 is 0 Å². The smallest absolute Gasteiger partial charge is 0.390 e. The topological polar surface area (TPSA) is 43.9 Å². The maximum absolute atomic E-state index is 12.4. The number of halogens is 4. The molecule has 0 unspecified atom stereocenters. The first-order valence-corrected chi connectivity index (χ1v) is 7.85. The molecule has 0 radical (unpaired) electrons. The third-order valence-corrected chi connectivity index (χ3v) is 4.09. The van der Waals surface area contributed by atoms with E-state index in [4.69, 9.17) is 16.0 Å². The quantitative estimate of drug-likeness (QED) is 0.485. The number of aryl methyl sites for hydroxylation is 1. The Bertz CT molecular complexity index is 1070. The Labute approximate surface area is 144 Å². The number of nitrogens with zero attached hydrogens (tertiary/aromatic N) is 3. The van der Waals surface area contributed by atoms with Crippen molar-refractivity contribution in [2.24, 2.45) is 0 Å². The fourth-order valence-electron chi connectivity index (χ4n) is 2.65. The molecule has 0 amide bonds. The third-order valence-electron chi connectivity index (χ3n) is 3.85. The molecule has 4 nitrogen and oxygen atoms in total. The maximum Gasteiger partial charge on any atom is 0.390 e. The summed E-state index contributed by atoms with van der Waals surface area (Å²) in [5.41, 5.74) is 3.15. The van der Waals surface area contributed by atoms with Gasteiger partial charge in [-0.25, -0.2) is 9.97 Å². The molecule has 0 bridgehead atoms. The van der Waals surface area contributed by atoms with Crippen LogP contribution in [0.5, 0.6) is 0 Å². The summed E-state index contributed by atoms with van der Waals surface area (Å²) >= 11 is 5.94. The van der Waals surface area contributed by atoms with Gasteiger partial charge in [0.25, 0.3) is 0 Å². The van der Waals surface area contributed by atoms with Gasteiger partial charge in [-0.3, -0.25) is 0 Å². The van der Waals surface area contributed by atoms with Crippen molar-refractivity contribution in [1.82, 2.24) is 14.5 Å². The van der Waals surface area contributed by atoms with Crippen LogP contribution in [0.4, 0.5) is 13.2 Å². The highest BCUT2D eigenvalue weighted by Gasteiger charge is 2.26. The minimum Gasteiger partial charge on any atom is -0.436 e. The van der Waals surface area contributed by atoms with Gasteiger partial charge in [0, 0.05) is 17.1 Å². The van der Waals surface area contributed by atoms with Gasteiger partial charge in [-0.15, -0.1) is 0 Å². The van der Waals surface area contributed by atoms with E-state index in [2.05, 4.69) is 9.97 Å². The molecule has 0 aliphatic rings. The monoisotopic (exact) mass is 365 g/mol. The number of oxazole rings is 1. The second-order valence-corrected chi connectivity index (χ2v) is 6.07. The summed E-state index contributed by atoms with van der Waals surface area (Å²) in [6, 6.07) is 10.4. The van der Waals surface area contributed by atoms with Gasteiger partial charge in [-0.05, 0) is 36.4 Å². The zero-order valence-electron chi connectivity index (χ0n) is 12.7. The zero-order chi connectivity index (χ0) is 17.6. The lowest BCUT2D eigenvalue weighted by molar-refractivity contribution is -0.136. The Morgan fingerprint density at radius 1 is 1.08 bits per heavy atom. The van der Waals surface area contributed by atoms with E-state index in [1.54, 1.807) is 36.4 Å². The second-order valence-electron chi connectivity index (χ2n) is 5.64. The van der Waals surface area contributed by atoms with Gasteiger partial charge < -0.3 is 8.98 Å². The summed E-state index contributed by atoms with van der Waals surface area (Å²) in [6.07, 6.45) is -3.69. The van der Waals surface area contributed by atoms with E-state index < -0.39 is 12.6 Å². The highest BCUT2D eigenvalue weighted by molar-refractivity contribution is 6.31. The Morgan fingerprint density at radius 2 is 1.92 bits per heavy atom. The number of hydrogen-bond acceptors (Lipinski definition) is 3. The molecule has 0 fully saturated rings. The minimum absolute atomic E-state index is 0.166. The molecule has 4 rings (SSSR count). The van der Waals surface area contributed by atoms with Crippen molar-refractivity contribution in [3.63, 3.8) is 0 Å². The highest BCUT2D eigenvalue weighted by atomic mass is 35.5. The van der Waals surface area contributed by atoms with Gasteiger partial charge in [-0.1, -0.05) is 11.6 Å². The summed E-state index contributed by atoms with van der Waals surface area (Å²) in [5, 5.41) is 0.561. The first kappa shape index (κ1) is 16.0. The predicted molar refractivity (Wildman–Crippen MR) is 88.4 cm³/mol. The number of alkyl halides is 3. The van der Waals surface area contributed by atoms with Gasteiger partial charge in [0.1, 0.15) is 5.52 Å². The number of rotatable bonds is 3. The van der Waals surface area contributed by atoms with Gasteiger partial charge in [0.05, 0.1) is 23.8 Å². The fraction of sp³-hybridized carbons (Fsp3) is 0.176. The molecule has 0 aliphatic carbocycles. The van der Waals surface area contributed by atoms with E-state index in [0.29, 0.717) is 38.6 Å². The SMILES string of the molecule is FC(F)(F)CCn1cnc2cc(-c3nc4cc(Cl)ccc4o3)ccc21. The summed E-state index contributed by atoms with van der Waals surface area (Å²) in [6.45, 7) is -0.166. The molecule has 2 aromatic carbocycles. The first-order chi connectivity index (χ1) is 11.9. The van der Waals surface area contributed by atoms with Crippen molar-refractivity contribution in [2.45, 2.75) is 19.1 Å². The third kappa shape index (κ3) is 3.19. The van der Waals surface area contributed by atoms with Gasteiger partial charge in [-0.2, -0.15) is 13.2 Å². The summed E-state index contributed by atoms with van der Waals surface area (Å²) in [5.74, 6) is 0.406. The van der Waals surface area contributed by atoms with Crippen molar-refractivity contribution in [3.8, 4) is 11.5 Å². The van der Waals surface area contributed by atoms with Crippen LogP contribution >= 0.6 is 11.6 Å². The maximum atomic E-state index is 12.4. The Kier molecular flexibility index (Phi) is 3.68. The average molecular weight is 366 g/mol. The first-order valence-electron chi connectivity index (χ1n) is 7.47. The van der Waals surface area contributed by atoms with Crippen LogP contribution in [0.25, 0.3) is 33.6 Å². The lowest BCUT2D eigenvalue weighted by Crippen LogP contribution is -2.11. The summed E-state index contributed by atoms with van der Waals surface area (Å²) < 4.78 is 44.4. The van der Waals surface area contributed by atoms with Crippen LogP contribution in [0.15, 0.2) is 47.1 Å². The standard InChI is InChI=1S/C17H11ClF3N3O/c18-11-2-4-15-13(8-11)23-16(25-15)10-1-3-14-12(7-10)22-9-24(14)6-5-17(19,20)21/h1-4,7-9H,5-6H2. The normalized spacial score (nSPS) is 12.3. The molecule has 2 heterocycles. The van der Waals surface area contributed by atoms with E-state index in [0.717, 1.165) is 0 Å². The molecule has 0 spiro atoms. The molecular formula is C17H11ClF3N3O. The lowest BCUT2D eigenvalue weighted by atomic mass is 10.2. The van der Waals surface area contributed by atoms with Gasteiger partial charge >= 0.3 is 6.18 Å². The van der Waals surface area contributed by atoms with Crippen LogP contribution in [-0.4, -0.2) is 20.7 Å². The number of benzene rings is 2. The van der Waals surface area contributed by atoms with Crippen LogP contribution in [0, 0.1) is 0 Å². The Balaban J connectivity index is 1.69. The predicted octanol–water partition coefficient (Wildman–Crippen LogP) is 5.45. The molecule has 0 saturated carbocycles. The molecule has 0 N–H and O–H groups in total. The highest BCUT2D eigenvalue weighted by Crippen LogP contribution is 2.29. The summed E-state index contributed by atoms with van der Waals surface area (Å²) in [4.78, 5) is 8.57. The number of fused-ring (bicyclic) bond motifs is 2.